The van der Waals surface area contributed by atoms with Crippen molar-refractivity contribution in [1.82, 2.24) is 15.8 Å². The maximum atomic E-state index is 15.7. The van der Waals surface area contributed by atoms with E-state index in [1.165, 1.54) is 4.90 Å². The van der Waals surface area contributed by atoms with Gasteiger partial charge in [-0.15, -0.1) is 0 Å². The van der Waals surface area contributed by atoms with Gasteiger partial charge in [0.15, 0.2) is 17.3 Å². The lowest BCUT2D eigenvalue weighted by atomic mass is 9.66. The summed E-state index contributed by atoms with van der Waals surface area (Å²) in [5.41, 5.74) is 0.718. The van der Waals surface area contributed by atoms with E-state index >= 15 is 4.39 Å². The van der Waals surface area contributed by atoms with Crippen LogP contribution >= 0.6 is 0 Å². The number of alkyl halides is 1. The Hall–Kier alpha value is -3.05. The first-order chi connectivity index (χ1) is 16.3. The number of imide groups is 2. The monoisotopic (exact) mass is 472 g/mol. The number of anilines is 1. The number of rotatable bonds is 1. The van der Waals surface area contributed by atoms with E-state index in [2.05, 4.69) is 15.8 Å². The number of fused-ring (bicyclic) bond motifs is 5. The molecule has 11 heteroatoms. The highest BCUT2D eigenvalue weighted by Gasteiger charge is 2.64. The molecule has 1 spiro atoms. The second-order valence-electron chi connectivity index (χ2n) is 9.59. The highest BCUT2D eigenvalue weighted by molar-refractivity contribution is 6.20. The molecule has 1 aromatic heterocycles. The van der Waals surface area contributed by atoms with Crippen LogP contribution in [0.2, 0.25) is 0 Å². The molecule has 4 unspecified atom stereocenters. The average Bonchev–Trinajstić information content (AvgIpc) is 3.22. The Morgan fingerprint density at radius 1 is 1.09 bits per heavy atom. The van der Waals surface area contributed by atoms with E-state index in [9.17, 15) is 14.4 Å². The Morgan fingerprint density at radius 2 is 1.79 bits per heavy atom. The maximum Gasteiger partial charge on any atom is 0.328 e. The molecule has 2 aromatic rings. The van der Waals surface area contributed by atoms with Crippen molar-refractivity contribution in [3.63, 3.8) is 0 Å². The van der Waals surface area contributed by atoms with Gasteiger partial charge in [0.1, 0.15) is 6.10 Å². The van der Waals surface area contributed by atoms with Gasteiger partial charge in [-0.1, -0.05) is 5.16 Å². The van der Waals surface area contributed by atoms with Crippen LogP contribution in [0.15, 0.2) is 16.7 Å². The summed E-state index contributed by atoms with van der Waals surface area (Å²) in [7, 11) is 0. The number of amides is 4. The molecular weight excluding hydrogens is 447 g/mol. The normalized spacial score (nSPS) is 31.3. The summed E-state index contributed by atoms with van der Waals surface area (Å²) in [6, 6.07) is 1.73. The van der Waals surface area contributed by atoms with E-state index in [1.54, 1.807) is 19.9 Å². The molecule has 0 radical (unpaired) electrons. The van der Waals surface area contributed by atoms with Crippen molar-refractivity contribution in [3.05, 3.63) is 23.4 Å². The summed E-state index contributed by atoms with van der Waals surface area (Å²) < 4.78 is 32.7. The van der Waals surface area contributed by atoms with E-state index in [0.29, 0.717) is 30.0 Å². The summed E-state index contributed by atoms with van der Waals surface area (Å²) >= 11 is 0. The highest BCUT2D eigenvalue weighted by atomic mass is 19.1. The molecule has 180 valence electrons. The van der Waals surface area contributed by atoms with Crippen LogP contribution in [-0.4, -0.2) is 60.8 Å². The Kier molecular flexibility index (Phi) is 4.72. The maximum absolute atomic E-state index is 15.7. The van der Waals surface area contributed by atoms with Crippen LogP contribution in [0, 0.1) is 5.41 Å². The number of urea groups is 1. The molecule has 34 heavy (non-hydrogen) atoms. The highest BCUT2D eigenvalue weighted by Crippen LogP contribution is 2.50. The predicted octanol–water partition coefficient (Wildman–Crippen LogP) is 1.91. The molecular formula is C23H25FN4O6. The lowest BCUT2D eigenvalue weighted by molar-refractivity contribution is -0.159. The molecule has 0 aliphatic carbocycles. The Bertz CT molecular complexity index is 1190. The van der Waals surface area contributed by atoms with E-state index < -0.39 is 47.8 Å². The van der Waals surface area contributed by atoms with Gasteiger partial charge in [-0.05, 0) is 44.7 Å². The molecule has 4 aliphatic rings. The summed E-state index contributed by atoms with van der Waals surface area (Å²) in [6.07, 6.45) is -1.48. The first kappa shape index (κ1) is 21.5. The number of nitrogens with one attached hydrogen (secondary N) is 2. The quantitative estimate of drug-likeness (QED) is 0.477. The van der Waals surface area contributed by atoms with Gasteiger partial charge in [0.05, 0.1) is 17.8 Å². The standard InChI is InChI=1S/C23H25FN4O6/c1-10-18-23(20(29)25-22(31)26-21(23)30)9-13-7-14-16(8-15(13)28(18)19(24)11(2)33-10)34-27-17(14)12-3-5-32-6-4-12/h7-8,10-12,18-19H,3-6,9H2,1-2H3,(H2,25,26,29,30,31). The minimum Gasteiger partial charge on any atom is -0.381 e. The summed E-state index contributed by atoms with van der Waals surface area (Å²) in [6.45, 7) is 4.59. The molecule has 10 nitrogen and oxygen atoms in total. The van der Waals surface area contributed by atoms with Crippen LogP contribution in [0.3, 0.4) is 0 Å². The predicted molar refractivity (Wildman–Crippen MR) is 116 cm³/mol. The number of hydrogen-bond acceptors (Lipinski definition) is 8. The van der Waals surface area contributed by atoms with Gasteiger partial charge in [-0.3, -0.25) is 20.2 Å². The van der Waals surface area contributed by atoms with Crippen molar-refractivity contribution >= 4 is 34.5 Å². The lowest BCUT2D eigenvalue weighted by Crippen LogP contribution is -2.76. The number of nitrogens with zero attached hydrogens (tertiary/aromatic N) is 2. The molecule has 2 N–H and O–H groups in total. The third-order valence-electron chi connectivity index (χ3n) is 7.65. The van der Waals surface area contributed by atoms with E-state index in [-0.39, 0.29) is 12.3 Å². The number of morpholine rings is 1. The zero-order valence-electron chi connectivity index (χ0n) is 18.8. The third-order valence-corrected chi connectivity index (χ3v) is 7.65. The van der Waals surface area contributed by atoms with Gasteiger partial charge in [0.25, 0.3) is 0 Å². The van der Waals surface area contributed by atoms with Crippen LogP contribution < -0.4 is 15.5 Å². The van der Waals surface area contributed by atoms with Crippen molar-refractivity contribution < 1.29 is 32.8 Å². The largest absolute Gasteiger partial charge is 0.381 e. The van der Waals surface area contributed by atoms with Crippen LogP contribution in [0.5, 0.6) is 0 Å². The number of ether oxygens (including phenoxy) is 2. The van der Waals surface area contributed by atoms with Crippen molar-refractivity contribution in [2.75, 3.05) is 18.1 Å². The molecule has 4 atom stereocenters. The molecule has 4 amide bonds. The molecule has 3 fully saturated rings. The van der Waals surface area contributed by atoms with Crippen LogP contribution in [0.4, 0.5) is 14.9 Å². The van der Waals surface area contributed by atoms with Crippen molar-refractivity contribution in [2.24, 2.45) is 5.41 Å². The van der Waals surface area contributed by atoms with Crippen LogP contribution in [0.1, 0.15) is 43.9 Å². The van der Waals surface area contributed by atoms with E-state index in [1.807, 2.05) is 6.07 Å². The number of halogens is 1. The first-order valence-electron chi connectivity index (χ1n) is 11.6. The van der Waals surface area contributed by atoms with Gasteiger partial charge in [0, 0.05) is 36.3 Å². The Labute approximate surface area is 194 Å². The summed E-state index contributed by atoms with van der Waals surface area (Å²) in [5, 5.41) is 9.52. The van der Waals surface area contributed by atoms with Crippen molar-refractivity contribution in [1.29, 1.82) is 0 Å². The van der Waals surface area contributed by atoms with Gasteiger partial charge in [-0.2, -0.15) is 0 Å². The fraction of sp³-hybridized carbons (Fsp3) is 0.565. The number of aromatic nitrogens is 1. The summed E-state index contributed by atoms with van der Waals surface area (Å²) in [5.74, 6) is -1.35. The van der Waals surface area contributed by atoms with Crippen molar-refractivity contribution in [3.8, 4) is 0 Å². The molecule has 4 aliphatic heterocycles. The third kappa shape index (κ3) is 2.86. The van der Waals surface area contributed by atoms with Gasteiger partial charge < -0.3 is 18.9 Å². The average molecular weight is 472 g/mol. The number of barbiturate groups is 1. The zero-order valence-corrected chi connectivity index (χ0v) is 18.8. The molecule has 0 saturated carbocycles. The van der Waals surface area contributed by atoms with E-state index in [0.717, 1.165) is 23.9 Å². The topological polar surface area (TPSA) is 123 Å². The lowest BCUT2D eigenvalue weighted by Gasteiger charge is -2.56. The Balaban J connectivity index is 1.54. The molecule has 3 saturated heterocycles. The molecule has 1 aromatic carbocycles. The SMILES string of the molecule is CC1OC(C)C2N(c3cc4onc(C5CCOCC5)c4cc3CC23C(=O)NC(=O)NC3=O)C1F. The van der Waals surface area contributed by atoms with Gasteiger partial charge in [0.2, 0.25) is 11.8 Å². The van der Waals surface area contributed by atoms with Gasteiger partial charge >= 0.3 is 6.03 Å². The smallest absolute Gasteiger partial charge is 0.328 e. The zero-order chi connectivity index (χ0) is 23.8. The van der Waals surface area contributed by atoms with Crippen LogP contribution in [0.25, 0.3) is 11.0 Å². The van der Waals surface area contributed by atoms with Crippen molar-refractivity contribution in [2.45, 2.75) is 63.6 Å². The molecule has 0 bridgehead atoms. The first-order valence-corrected chi connectivity index (χ1v) is 11.6. The number of hydrogen-bond donors (Lipinski definition) is 2. The minimum atomic E-state index is -1.74. The van der Waals surface area contributed by atoms with Gasteiger partial charge in [-0.25, -0.2) is 9.18 Å². The second-order valence-corrected chi connectivity index (χ2v) is 9.59. The fourth-order valence-electron chi connectivity index (χ4n) is 6.09. The number of carbonyl (C=O) groups excluding carboxylic acids is 3. The molecule has 6 rings (SSSR count). The summed E-state index contributed by atoms with van der Waals surface area (Å²) in [4.78, 5) is 39.9. The van der Waals surface area contributed by atoms with Crippen LogP contribution in [-0.2, 0) is 25.5 Å². The Morgan fingerprint density at radius 3 is 2.50 bits per heavy atom. The van der Waals surface area contributed by atoms with E-state index in [4.69, 9.17) is 14.0 Å². The number of benzene rings is 1. The fourth-order valence-corrected chi connectivity index (χ4v) is 6.09. The minimum absolute atomic E-state index is 0.0163. The number of carbonyl (C=O) groups is 3. The molecule has 5 heterocycles. The second kappa shape index (κ2) is 7.47.